The van der Waals surface area contributed by atoms with Gasteiger partial charge in [-0.3, -0.25) is 4.79 Å². The lowest BCUT2D eigenvalue weighted by molar-refractivity contribution is 0.276. The highest BCUT2D eigenvalue weighted by atomic mass is 32.1. The van der Waals surface area contributed by atoms with Gasteiger partial charge in [0.1, 0.15) is 22.8 Å². The molecular formula is C10H9N5O2S. The minimum absolute atomic E-state index is 0.146. The molecule has 3 aromatic rings. The summed E-state index contributed by atoms with van der Waals surface area (Å²) in [5.41, 5.74) is 1.02. The molecule has 0 saturated heterocycles. The van der Waals surface area contributed by atoms with E-state index < -0.39 is 0 Å². The molecule has 2 N–H and O–H groups in total. The second-order valence-corrected chi connectivity index (χ2v) is 4.63. The molecule has 3 heterocycles. The summed E-state index contributed by atoms with van der Waals surface area (Å²) in [5.74, 6) is 0.514. The lowest BCUT2D eigenvalue weighted by Crippen LogP contribution is -2.13. The molecule has 0 aliphatic carbocycles. The monoisotopic (exact) mass is 263 g/mol. The Labute approximate surface area is 105 Å². The van der Waals surface area contributed by atoms with Crippen molar-refractivity contribution in [2.45, 2.75) is 13.2 Å². The predicted molar refractivity (Wildman–Crippen MR) is 65.3 cm³/mol. The third-order valence-corrected chi connectivity index (χ3v) is 3.33. The summed E-state index contributed by atoms with van der Waals surface area (Å²) in [6.07, 6.45) is 1.61. The fourth-order valence-electron chi connectivity index (χ4n) is 1.64. The predicted octanol–water partition coefficient (Wildman–Crippen LogP) is 0.117. The van der Waals surface area contributed by atoms with Crippen molar-refractivity contribution >= 4 is 21.6 Å². The number of aliphatic hydroxyl groups is 1. The molecule has 0 unspecified atom stereocenters. The van der Waals surface area contributed by atoms with E-state index in [0.717, 1.165) is 0 Å². The summed E-state index contributed by atoms with van der Waals surface area (Å²) in [6, 6.07) is 1.80. The van der Waals surface area contributed by atoms with Crippen LogP contribution < -0.4 is 5.56 Å². The highest BCUT2D eigenvalue weighted by Crippen LogP contribution is 2.13. The molecule has 0 atom stereocenters. The summed E-state index contributed by atoms with van der Waals surface area (Å²) in [6.45, 7) is 0.154. The van der Waals surface area contributed by atoms with Gasteiger partial charge in [0.15, 0.2) is 0 Å². The van der Waals surface area contributed by atoms with Crippen LogP contribution in [0.25, 0.3) is 10.2 Å². The Bertz CT molecular complexity index is 744. The highest BCUT2D eigenvalue weighted by molar-refractivity contribution is 7.17. The Morgan fingerprint density at radius 3 is 3.17 bits per heavy atom. The number of hydrogen-bond donors (Lipinski definition) is 2. The first-order chi connectivity index (χ1) is 8.76. The highest BCUT2D eigenvalue weighted by Gasteiger charge is 2.06. The summed E-state index contributed by atoms with van der Waals surface area (Å²) in [7, 11) is 0. The van der Waals surface area contributed by atoms with E-state index in [9.17, 15) is 4.79 Å². The van der Waals surface area contributed by atoms with Gasteiger partial charge in [0.05, 0.1) is 18.3 Å². The first-order valence-electron chi connectivity index (χ1n) is 5.22. The molecule has 18 heavy (non-hydrogen) atoms. The second-order valence-electron chi connectivity index (χ2n) is 3.71. The van der Waals surface area contributed by atoms with Gasteiger partial charge in [-0.05, 0) is 11.4 Å². The summed E-state index contributed by atoms with van der Waals surface area (Å²) < 4.78 is 2.13. The molecule has 0 aliphatic rings. The minimum atomic E-state index is -0.159. The number of thiophene rings is 1. The van der Waals surface area contributed by atoms with Crippen LogP contribution in [0.5, 0.6) is 0 Å². The van der Waals surface area contributed by atoms with Crippen molar-refractivity contribution < 1.29 is 5.11 Å². The van der Waals surface area contributed by atoms with Gasteiger partial charge < -0.3 is 10.1 Å². The molecule has 0 fully saturated rings. The maximum absolute atomic E-state index is 11.7. The molecule has 92 valence electrons. The van der Waals surface area contributed by atoms with E-state index in [0.29, 0.717) is 28.3 Å². The number of hydrogen-bond acceptors (Lipinski definition) is 6. The van der Waals surface area contributed by atoms with Crippen molar-refractivity contribution in [3.05, 3.63) is 39.5 Å². The fraction of sp³-hybridized carbons (Fsp3) is 0.200. The second kappa shape index (κ2) is 4.31. The molecule has 8 heteroatoms. The number of aliphatic hydroxyl groups excluding tert-OH is 1. The Balaban J connectivity index is 1.96. The molecule has 0 aliphatic heterocycles. The molecule has 3 aromatic heterocycles. The molecule has 0 amide bonds. The Kier molecular flexibility index (Phi) is 2.65. The SMILES string of the molecule is O=c1[nH]c(Cn2cc(CO)nn2)nc2ccsc12. The van der Waals surface area contributed by atoms with Crippen LogP contribution >= 0.6 is 11.3 Å². The normalized spacial score (nSPS) is 11.2. The third kappa shape index (κ3) is 1.91. The van der Waals surface area contributed by atoms with Crippen LogP contribution in [-0.2, 0) is 13.2 Å². The number of fused-ring (bicyclic) bond motifs is 1. The van der Waals surface area contributed by atoms with Gasteiger partial charge in [-0.2, -0.15) is 0 Å². The zero-order chi connectivity index (χ0) is 12.5. The number of H-pyrrole nitrogens is 1. The smallest absolute Gasteiger partial charge is 0.268 e. The quantitative estimate of drug-likeness (QED) is 0.699. The first-order valence-corrected chi connectivity index (χ1v) is 6.10. The Hall–Kier alpha value is -2.06. The van der Waals surface area contributed by atoms with Crippen LogP contribution in [0.2, 0.25) is 0 Å². The van der Waals surface area contributed by atoms with E-state index in [4.69, 9.17) is 5.11 Å². The van der Waals surface area contributed by atoms with Crippen LogP contribution in [0.15, 0.2) is 22.4 Å². The summed E-state index contributed by atoms with van der Waals surface area (Å²) >= 11 is 1.36. The van der Waals surface area contributed by atoms with Crippen molar-refractivity contribution in [1.29, 1.82) is 0 Å². The number of rotatable bonds is 3. The van der Waals surface area contributed by atoms with Crippen molar-refractivity contribution in [3.63, 3.8) is 0 Å². The maximum atomic E-state index is 11.7. The van der Waals surface area contributed by atoms with E-state index in [2.05, 4.69) is 20.3 Å². The fourth-order valence-corrected chi connectivity index (χ4v) is 2.36. The molecular weight excluding hydrogens is 254 g/mol. The van der Waals surface area contributed by atoms with Crippen LogP contribution in [0.4, 0.5) is 0 Å². The van der Waals surface area contributed by atoms with Crippen LogP contribution in [0, 0.1) is 0 Å². The van der Waals surface area contributed by atoms with Crippen LogP contribution in [-0.4, -0.2) is 30.1 Å². The zero-order valence-electron chi connectivity index (χ0n) is 9.20. The Morgan fingerprint density at radius 1 is 1.50 bits per heavy atom. The van der Waals surface area contributed by atoms with Gasteiger partial charge in [-0.15, -0.1) is 16.4 Å². The average molecular weight is 263 g/mol. The molecule has 0 radical (unpaired) electrons. The van der Waals surface area contributed by atoms with Crippen LogP contribution in [0.1, 0.15) is 11.5 Å². The molecule has 7 nitrogen and oxygen atoms in total. The Morgan fingerprint density at radius 2 is 2.39 bits per heavy atom. The molecule has 0 spiro atoms. The number of aromatic nitrogens is 5. The summed E-state index contributed by atoms with van der Waals surface area (Å²) in [4.78, 5) is 18.8. The summed E-state index contributed by atoms with van der Waals surface area (Å²) in [5, 5.41) is 18.3. The van der Waals surface area contributed by atoms with E-state index in [1.54, 1.807) is 12.3 Å². The van der Waals surface area contributed by atoms with Gasteiger partial charge in [-0.25, -0.2) is 9.67 Å². The first kappa shape index (κ1) is 11.1. The van der Waals surface area contributed by atoms with Gasteiger partial charge in [-0.1, -0.05) is 5.21 Å². The standard InChI is InChI=1S/C10H9N5O2S/c16-5-6-3-15(14-13-6)4-8-11-7-1-2-18-9(7)10(17)12-8/h1-3,16H,4-5H2,(H,11,12,17). The van der Waals surface area contributed by atoms with Gasteiger partial charge in [0.25, 0.3) is 5.56 Å². The van der Waals surface area contributed by atoms with E-state index in [-0.39, 0.29) is 12.2 Å². The maximum Gasteiger partial charge on any atom is 0.268 e. The van der Waals surface area contributed by atoms with E-state index in [1.165, 1.54) is 16.0 Å². The van der Waals surface area contributed by atoms with Gasteiger partial charge >= 0.3 is 0 Å². The lowest BCUT2D eigenvalue weighted by atomic mass is 10.4. The molecule has 0 saturated carbocycles. The van der Waals surface area contributed by atoms with Gasteiger partial charge in [0.2, 0.25) is 0 Å². The van der Waals surface area contributed by atoms with Crippen LogP contribution in [0.3, 0.4) is 0 Å². The van der Waals surface area contributed by atoms with Crippen molar-refractivity contribution in [2.75, 3.05) is 0 Å². The average Bonchev–Trinajstić information content (AvgIpc) is 2.97. The van der Waals surface area contributed by atoms with Crippen molar-refractivity contribution in [1.82, 2.24) is 25.0 Å². The topological polar surface area (TPSA) is 96.7 Å². The molecule has 3 rings (SSSR count). The number of nitrogens with one attached hydrogen (secondary N) is 1. The zero-order valence-corrected chi connectivity index (χ0v) is 10.0. The van der Waals surface area contributed by atoms with Gasteiger partial charge in [0, 0.05) is 0 Å². The lowest BCUT2D eigenvalue weighted by Gasteiger charge is -2.00. The molecule has 0 aromatic carbocycles. The van der Waals surface area contributed by atoms with Crippen molar-refractivity contribution in [3.8, 4) is 0 Å². The van der Waals surface area contributed by atoms with E-state index in [1.807, 2.05) is 5.38 Å². The third-order valence-electron chi connectivity index (χ3n) is 2.42. The number of aromatic amines is 1. The van der Waals surface area contributed by atoms with Crippen molar-refractivity contribution in [2.24, 2.45) is 0 Å². The minimum Gasteiger partial charge on any atom is -0.390 e. The largest absolute Gasteiger partial charge is 0.390 e. The number of nitrogens with zero attached hydrogens (tertiary/aromatic N) is 4. The van der Waals surface area contributed by atoms with E-state index >= 15 is 0 Å². The molecule has 0 bridgehead atoms.